The van der Waals surface area contributed by atoms with Gasteiger partial charge in [-0.05, 0) is 66.9 Å². The van der Waals surface area contributed by atoms with Crippen molar-refractivity contribution in [2.24, 2.45) is 0 Å². The molecular formula is C26H21Cl2N3O3. The SMILES string of the molecule is CCc1ccc(N2C(=O)C(Cl)=C(Nc3cccc(C(=O)Nc4ccc(C)c(Cl)c4)c3)C2=O)cc1. The van der Waals surface area contributed by atoms with Crippen molar-refractivity contribution in [1.29, 1.82) is 0 Å². The second-order valence-corrected chi connectivity index (χ2v) is 8.56. The van der Waals surface area contributed by atoms with Crippen LogP contribution in [-0.4, -0.2) is 17.7 Å². The molecule has 0 saturated carbocycles. The van der Waals surface area contributed by atoms with Gasteiger partial charge in [0.1, 0.15) is 10.7 Å². The maximum atomic E-state index is 13.0. The van der Waals surface area contributed by atoms with E-state index in [9.17, 15) is 14.4 Å². The molecule has 0 unspecified atom stereocenters. The van der Waals surface area contributed by atoms with E-state index in [0.29, 0.717) is 27.6 Å². The van der Waals surface area contributed by atoms with Gasteiger partial charge in [-0.2, -0.15) is 0 Å². The van der Waals surface area contributed by atoms with Gasteiger partial charge in [0.2, 0.25) is 0 Å². The minimum Gasteiger partial charge on any atom is -0.350 e. The third-order valence-corrected chi connectivity index (χ3v) is 6.21. The first-order valence-electron chi connectivity index (χ1n) is 10.6. The van der Waals surface area contributed by atoms with Gasteiger partial charge in [0.25, 0.3) is 17.7 Å². The van der Waals surface area contributed by atoms with Gasteiger partial charge in [0.15, 0.2) is 0 Å². The van der Waals surface area contributed by atoms with Crippen LogP contribution in [0.1, 0.15) is 28.4 Å². The molecule has 0 aliphatic carbocycles. The molecule has 3 aromatic carbocycles. The summed E-state index contributed by atoms with van der Waals surface area (Å²) in [6.07, 6.45) is 0.842. The van der Waals surface area contributed by atoms with E-state index in [-0.39, 0.29) is 16.6 Å². The predicted molar refractivity (Wildman–Crippen MR) is 135 cm³/mol. The number of rotatable bonds is 6. The minimum atomic E-state index is -0.608. The molecule has 34 heavy (non-hydrogen) atoms. The molecule has 0 spiro atoms. The van der Waals surface area contributed by atoms with Gasteiger partial charge in [0.05, 0.1) is 5.69 Å². The monoisotopic (exact) mass is 493 g/mol. The Morgan fingerprint density at radius 2 is 1.65 bits per heavy atom. The average Bonchev–Trinajstić information content (AvgIpc) is 3.04. The largest absolute Gasteiger partial charge is 0.350 e. The molecule has 8 heteroatoms. The third kappa shape index (κ3) is 4.69. The smallest absolute Gasteiger partial charge is 0.283 e. The first-order valence-corrected chi connectivity index (χ1v) is 11.4. The summed E-state index contributed by atoms with van der Waals surface area (Å²) in [6.45, 7) is 3.89. The maximum absolute atomic E-state index is 13.0. The van der Waals surface area contributed by atoms with E-state index in [0.717, 1.165) is 22.4 Å². The Bertz CT molecular complexity index is 1330. The van der Waals surface area contributed by atoms with E-state index in [4.69, 9.17) is 23.2 Å². The molecule has 0 bridgehead atoms. The fourth-order valence-corrected chi connectivity index (χ4v) is 3.88. The Balaban J connectivity index is 1.52. The van der Waals surface area contributed by atoms with E-state index in [1.807, 2.05) is 32.0 Å². The quantitative estimate of drug-likeness (QED) is 0.419. The summed E-state index contributed by atoms with van der Waals surface area (Å²) in [7, 11) is 0. The molecule has 2 N–H and O–H groups in total. The van der Waals surface area contributed by atoms with Crippen LogP contribution < -0.4 is 15.5 Å². The molecule has 3 amide bonds. The maximum Gasteiger partial charge on any atom is 0.283 e. The lowest BCUT2D eigenvalue weighted by Gasteiger charge is -2.15. The fourth-order valence-electron chi connectivity index (χ4n) is 3.48. The lowest BCUT2D eigenvalue weighted by Crippen LogP contribution is -2.32. The van der Waals surface area contributed by atoms with Crippen LogP contribution >= 0.6 is 23.2 Å². The van der Waals surface area contributed by atoms with Crippen molar-refractivity contribution in [2.45, 2.75) is 20.3 Å². The van der Waals surface area contributed by atoms with Gasteiger partial charge in [0, 0.05) is 22.0 Å². The highest BCUT2D eigenvalue weighted by atomic mass is 35.5. The van der Waals surface area contributed by atoms with Crippen LogP contribution in [0.4, 0.5) is 17.1 Å². The van der Waals surface area contributed by atoms with Gasteiger partial charge in [-0.1, -0.05) is 54.4 Å². The van der Waals surface area contributed by atoms with Crippen LogP contribution in [0.2, 0.25) is 5.02 Å². The molecule has 6 nitrogen and oxygen atoms in total. The van der Waals surface area contributed by atoms with Gasteiger partial charge in [-0.3, -0.25) is 14.4 Å². The molecule has 0 atom stereocenters. The molecule has 0 aromatic heterocycles. The number of carbonyl (C=O) groups is 3. The lowest BCUT2D eigenvalue weighted by molar-refractivity contribution is -0.120. The van der Waals surface area contributed by atoms with Gasteiger partial charge < -0.3 is 10.6 Å². The van der Waals surface area contributed by atoms with Crippen molar-refractivity contribution in [2.75, 3.05) is 15.5 Å². The Morgan fingerprint density at radius 3 is 2.32 bits per heavy atom. The van der Waals surface area contributed by atoms with Crippen LogP contribution in [0.3, 0.4) is 0 Å². The molecule has 1 heterocycles. The minimum absolute atomic E-state index is 0.0471. The summed E-state index contributed by atoms with van der Waals surface area (Å²) >= 11 is 12.4. The summed E-state index contributed by atoms with van der Waals surface area (Å²) in [5, 5.41) is 6.03. The number of anilines is 3. The van der Waals surface area contributed by atoms with Crippen molar-refractivity contribution in [3.63, 3.8) is 0 Å². The van der Waals surface area contributed by atoms with E-state index >= 15 is 0 Å². The van der Waals surface area contributed by atoms with E-state index < -0.39 is 11.8 Å². The number of imide groups is 1. The average molecular weight is 494 g/mol. The summed E-state index contributed by atoms with van der Waals surface area (Å²) in [6, 6.07) is 18.9. The number of hydrogen-bond donors (Lipinski definition) is 2. The highest BCUT2D eigenvalue weighted by Gasteiger charge is 2.39. The molecule has 0 saturated heterocycles. The second-order valence-electron chi connectivity index (χ2n) is 7.78. The zero-order valence-corrected chi connectivity index (χ0v) is 20.0. The molecule has 3 aromatic rings. The Hall–Kier alpha value is -3.61. The zero-order valence-electron chi connectivity index (χ0n) is 18.5. The summed E-state index contributed by atoms with van der Waals surface area (Å²) < 4.78 is 0. The highest BCUT2D eigenvalue weighted by Crippen LogP contribution is 2.30. The van der Waals surface area contributed by atoms with Crippen LogP contribution in [-0.2, 0) is 16.0 Å². The zero-order chi connectivity index (χ0) is 24.4. The standard InChI is InChI=1S/C26H21Cl2N3O3/c1-3-16-8-11-20(12-9-16)31-25(33)22(28)23(26(31)34)29-18-6-4-5-17(13-18)24(32)30-19-10-7-15(2)21(27)14-19/h4-14,29H,3H2,1-2H3,(H,30,32). The topological polar surface area (TPSA) is 78.5 Å². The Labute approximate surface area is 207 Å². The van der Waals surface area contributed by atoms with Crippen LogP contribution in [0.15, 0.2) is 77.5 Å². The first-order chi connectivity index (χ1) is 16.3. The number of amides is 3. The number of nitrogens with one attached hydrogen (secondary N) is 2. The summed E-state index contributed by atoms with van der Waals surface area (Å²) in [5.41, 5.74) is 3.73. The molecule has 172 valence electrons. The van der Waals surface area contributed by atoms with Gasteiger partial charge >= 0.3 is 0 Å². The summed E-state index contributed by atoms with van der Waals surface area (Å²) in [5.74, 6) is -1.53. The number of benzene rings is 3. The predicted octanol–water partition coefficient (Wildman–Crippen LogP) is 5.90. The van der Waals surface area contributed by atoms with Crippen molar-refractivity contribution >= 4 is 58.0 Å². The lowest BCUT2D eigenvalue weighted by atomic mass is 10.1. The van der Waals surface area contributed by atoms with E-state index in [1.54, 1.807) is 48.5 Å². The Kier molecular flexibility index (Phi) is 6.72. The van der Waals surface area contributed by atoms with E-state index in [1.165, 1.54) is 0 Å². The molecular weight excluding hydrogens is 473 g/mol. The van der Waals surface area contributed by atoms with Crippen molar-refractivity contribution in [3.8, 4) is 0 Å². The Morgan fingerprint density at radius 1 is 0.912 bits per heavy atom. The number of hydrogen-bond acceptors (Lipinski definition) is 4. The van der Waals surface area contributed by atoms with Gasteiger partial charge in [-0.15, -0.1) is 0 Å². The molecule has 1 aliphatic rings. The van der Waals surface area contributed by atoms with Crippen molar-refractivity contribution in [3.05, 3.63) is 99.2 Å². The highest BCUT2D eigenvalue weighted by molar-refractivity contribution is 6.53. The normalized spacial score (nSPS) is 13.5. The number of halogens is 2. The van der Waals surface area contributed by atoms with Crippen LogP contribution in [0, 0.1) is 6.92 Å². The molecule has 1 aliphatic heterocycles. The summed E-state index contributed by atoms with van der Waals surface area (Å²) in [4.78, 5) is 39.5. The fraction of sp³-hybridized carbons (Fsp3) is 0.115. The molecule has 0 radical (unpaired) electrons. The van der Waals surface area contributed by atoms with Crippen LogP contribution in [0.25, 0.3) is 0 Å². The molecule has 4 rings (SSSR count). The van der Waals surface area contributed by atoms with Crippen molar-refractivity contribution in [1.82, 2.24) is 0 Å². The van der Waals surface area contributed by atoms with Gasteiger partial charge in [-0.25, -0.2) is 4.90 Å². The second kappa shape index (κ2) is 9.71. The third-order valence-electron chi connectivity index (χ3n) is 5.45. The first kappa shape index (κ1) is 23.5. The number of nitrogens with zero attached hydrogens (tertiary/aromatic N) is 1. The van der Waals surface area contributed by atoms with E-state index in [2.05, 4.69) is 10.6 Å². The number of carbonyl (C=O) groups excluding carboxylic acids is 3. The number of aryl methyl sites for hydroxylation is 2. The van der Waals surface area contributed by atoms with Crippen molar-refractivity contribution < 1.29 is 14.4 Å². The molecule has 0 fully saturated rings. The van der Waals surface area contributed by atoms with Crippen LogP contribution in [0.5, 0.6) is 0 Å².